The van der Waals surface area contributed by atoms with Gasteiger partial charge in [-0.3, -0.25) is 0 Å². The van der Waals surface area contributed by atoms with Gasteiger partial charge in [0.1, 0.15) is 6.29 Å². The van der Waals surface area contributed by atoms with Crippen LogP contribution in [0.25, 0.3) is 0 Å². The number of aldehydes is 1. The Hall–Kier alpha value is -0.410. The molecule has 0 N–H and O–H groups in total. The zero-order valence-electron chi connectivity index (χ0n) is 9.79. The lowest BCUT2D eigenvalue weighted by atomic mass is 10.0. The van der Waals surface area contributed by atoms with E-state index in [1.54, 1.807) is 0 Å². The van der Waals surface area contributed by atoms with Gasteiger partial charge in [-0.25, -0.2) is 0 Å². The summed E-state index contributed by atoms with van der Waals surface area (Å²) in [6.07, 6.45) is 3.02. The van der Waals surface area contributed by atoms with Gasteiger partial charge in [-0.2, -0.15) is 0 Å². The van der Waals surface area contributed by atoms with Crippen molar-refractivity contribution >= 4 is 6.29 Å². The lowest BCUT2D eigenvalue weighted by molar-refractivity contribution is -0.148. The summed E-state index contributed by atoms with van der Waals surface area (Å²) in [6, 6.07) is 0. The lowest BCUT2D eigenvalue weighted by Gasteiger charge is -2.22. The number of rotatable bonds is 4. The van der Waals surface area contributed by atoms with E-state index in [4.69, 9.17) is 9.47 Å². The second kappa shape index (κ2) is 3.56. The van der Waals surface area contributed by atoms with Gasteiger partial charge < -0.3 is 14.3 Å². The molecule has 0 aromatic heterocycles. The molecule has 0 spiro atoms. The smallest absolute Gasteiger partial charge is 0.165 e. The fourth-order valence-electron chi connectivity index (χ4n) is 2.73. The van der Waals surface area contributed by atoms with Crippen LogP contribution in [0.3, 0.4) is 0 Å². The molecule has 2 atom stereocenters. The summed E-state index contributed by atoms with van der Waals surface area (Å²) in [7, 11) is 0. The Morgan fingerprint density at radius 3 is 2.33 bits per heavy atom. The summed E-state index contributed by atoms with van der Waals surface area (Å²) in [5.41, 5.74) is 0.191. The molecule has 3 heteroatoms. The van der Waals surface area contributed by atoms with Crippen LogP contribution in [-0.2, 0) is 14.3 Å². The summed E-state index contributed by atoms with van der Waals surface area (Å²) in [4.78, 5) is 10.8. The fraction of sp³-hybridized carbons (Fsp3) is 0.917. The molecule has 3 nitrogen and oxygen atoms in total. The van der Waals surface area contributed by atoms with Crippen LogP contribution in [-0.4, -0.2) is 25.3 Å². The third-order valence-electron chi connectivity index (χ3n) is 4.09. The maximum atomic E-state index is 10.8. The molecule has 2 rings (SSSR count). The number of ether oxygens (including phenoxy) is 2. The molecule has 2 fully saturated rings. The first-order valence-corrected chi connectivity index (χ1v) is 5.73. The van der Waals surface area contributed by atoms with Gasteiger partial charge in [0, 0.05) is 12.3 Å². The molecule has 1 aliphatic carbocycles. The predicted octanol–water partition coefficient (Wildman–Crippen LogP) is 2.00. The van der Waals surface area contributed by atoms with Gasteiger partial charge in [0.15, 0.2) is 5.79 Å². The van der Waals surface area contributed by atoms with Crippen molar-refractivity contribution in [1.82, 2.24) is 0 Å². The molecule has 1 saturated carbocycles. The van der Waals surface area contributed by atoms with Gasteiger partial charge in [0.05, 0.1) is 13.2 Å². The molecule has 1 heterocycles. The monoisotopic (exact) mass is 212 g/mol. The highest BCUT2D eigenvalue weighted by molar-refractivity contribution is 5.61. The quantitative estimate of drug-likeness (QED) is 0.669. The summed E-state index contributed by atoms with van der Waals surface area (Å²) in [6.45, 7) is 7.71. The summed E-state index contributed by atoms with van der Waals surface area (Å²) >= 11 is 0. The van der Waals surface area contributed by atoms with Gasteiger partial charge in [-0.15, -0.1) is 0 Å². The largest absolute Gasteiger partial charge is 0.348 e. The van der Waals surface area contributed by atoms with E-state index >= 15 is 0 Å². The number of hydrogen-bond donors (Lipinski definition) is 0. The average Bonchev–Trinajstić information content (AvgIpc) is 2.53. The average molecular weight is 212 g/mol. The molecule has 0 bridgehead atoms. The van der Waals surface area contributed by atoms with E-state index in [1.165, 1.54) is 0 Å². The Morgan fingerprint density at radius 2 is 1.87 bits per heavy atom. The maximum Gasteiger partial charge on any atom is 0.165 e. The molecule has 86 valence electrons. The van der Waals surface area contributed by atoms with E-state index in [0.29, 0.717) is 19.1 Å². The van der Waals surface area contributed by atoms with Gasteiger partial charge in [0.2, 0.25) is 0 Å². The van der Waals surface area contributed by atoms with Crippen molar-refractivity contribution in [3.8, 4) is 0 Å². The SMILES string of the molecule is CC1(CC[C@@H]2[C@H](C=O)C2(C)C)OCCO1. The molecule has 0 unspecified atom stereocenters. The third kappa shape index (κ3) is 1.95. The third-order valence-corrected chi connectivity index (χ3v) is 4.09. The molecule has 1 saturated heterocycles. The Bertz CT molecular complexity index is 254. The molecule has 0 amide bonds. The lowest BCUT2D eigenvalue weighted by Crippen LogP contribution is -2.25. The minimum absolute atomic E-state index is 0.191. The van der Waals surface area contributed by atoms with E-state index in [1.807, 2.05) is 6.92 Å². The van der Waals surface area contributed by atoms with Crippen LogP contribution in [0.5, 0.6) is 0 Å². The number of carbonyl (C=O) groups is 1. The van der Waals surface area contributed by atoms with E-state index in [-0.39, 0.29) is 11.3 Å². The van der Waals surface area contributed by atoms with Gasteiger partial charge >= 0.3 is 0 Å². The van der Waals surface area contributed by atoms with Crippen molar-refractivity contribution < 1.29 is 14.3 Å². The van der Waals surface area contributed by atoms with Gasteiger partial charge in [-0.1, -0.05) is 13.8 Å². The van der Waals surface area contributed by atoms with Crippen molar-refractivity contribution in [2.24, 2.45) is 17.3 Å². The highest BCUT2D eigenvalue weighted by atomic mass is 16.7. The van der Waals surface area contributed by atoms with Crippen LogP contribution in [0.4, 0.5) is 0 Å². The zero-order valence-corrected chi connectivity index (χ0v) is 9.79. The number of hydrogen-bond acceptors (Lipinski definition) is 3. The molecule has 0 aromatic rings. The van der Waals surface area contributed by atoms with Crippen LogP contribution >= 0.6 is 0 Å². The second-order valence-electron chi connectivity index (χ2n) is 5.46. The van der Waals surface area contributed by atoms with Crippen molar-refractivity contribution in [3.05, 3.63) is 0 Å². The first kappa shape index (κ1) is 11.1. The highest BCUT2D eigenvalue weighted by Crippen LogP contribution is 2.59. The minimum atomic E-state index is -0.397. The molecule has 2 aliphatic rings. The minimum Gasteiger partial charge on any atom is -0.348 e. The van der Waals surface area contributed by atoms with Crippen LogP contribution in [0.15, 0.2) is 0 Å². The first-order valence-electron chi connectivity index (χ1n) is 5.73. The Kier molecular flexibility index (Phi) is 2.63. The van der Waals surface area contributed by atoms with Crippen molar-refractivity contribution in [2.45, 2.75) is 39.4 Å². The normalized spacial score (nSPS) is 36.5. The molecule has 0 aromatic carbocycles. The zero-order chi connectivity index (χ0) is 11.1. The van der Waals surface area contributed by atoms with Crippen LogP contribution in [0.2, 0.25) is 0 Å². The standard InChI is InChI=1S/C12H20O3/c1-11(2)9(10(11)8-13)4-5-12(3)14-6-7-15-12/h8-10H,4-7H2,1-3H3/t9-,10+/m1/s1. The summed E-state index contributed by atoms with van der Waals surface area (Å²) < 4.78 is 11.1. The molecule has 15 heavy (non-hydrogen) atoms. The fourth-order valence-corrected chi connectivity index (χ4v) is 2.73. The van der Waals surface area contributed by atoms with Crippen LogP contribution in [0.1, 0.15) is 33.6 Å². The molecular formula is C12H20O3. The Morgan fingerprint density at radius 1 is 1.27 bits per heavy atom. The maximum absolute atomic E-state index is 10.8. The second-order valence-corrected chi connectivity index (χ2v) is 5.46. The van der Waals surface area contributed by atoms with Gasteiger partial charge in [0.25, 0.3) is 0 Å². The Labute approximate surface area is 91.1 Å². The van der Waals surface area contributed by atoms with Crippen LogP contribution in [0, 0.1) is 17.3 Å². The highest BCUT2D eigenvalue weighted by Gasteiger charge is 2.57. The van der Waals surface area contributed by atoms with Crippen LogP contribution < -0.4 is 0 Å². The molecular weight excluding hydrogens is 192 g/mol. The van der Waals surface area contributed by atoms with E-state index in [9.17, 15) is 4.79 Å². The van der Waals surface area contributed by atoms with Crippen molar-refractivity contribution in [1.29, 1.82) is 0 Å². The van der Waals surface area contributed by atoms with E-state index in [2.05, 4.69) is 13.8 Å². The topological polar surface area (TPSA) is 35.5 Å². The van der Waals surface area contributed by atoms with Crippen molar-refractivity contribution in [2.75, 3.05) is 13.2 Å². The summed E-state index contributed by atoms with van der Waals surface area (Å²) in [5, 5.41) is 0. The van der Waals surface area contributed by atoms with E-state index < -0.39 is 5.79 Å². The first-order chi connectivity index (χ1) is 6.99. The predicted molar refractivity (Wildman–Crippen MR) is 56.4 cm³/mol. The van der Waals surface area contributed by atoms with Gasteiger partial charge in [-0.05, 0) is 24.7 Å². The van der Waals surface area contributed by atoms with Crippen molar-refractivity contribution in [3.63, 3.8) is 0 Å². The number of carbonyl (C=O) groups excluding carboxylic acids is 1. The van der Waals surface area contributed by atoms with E-state index in [0.717, 1.165) is 19.1 Å². The molecule has 0 radical (unpaired) electrons. The summed E-state index contributed by atoms with van der Waals surface area (Å²) in [5.74, 6) is 0.355. The molecule has 1 aliphatic heterocycles. The Balaban J connectivity index is 1.82.